The third-order valence-corrected chi connectivity index (χ3v) is 4.78. The summed E-state index contributed by atoms with van der Waals surface area (Å²) >= 11 is 0. The van der Waals surface area contributed by atoms with E-state index < -0.39 is 12.6 Å². The van der Waals surface area contributed by atoms with Crippen molar-refractivity contribution in [3.05, 3.63) is 102 Å². The molecule has 0 atom stereocenters. The van der Waals surface area contributed by atoms with Crippen LogP contribution in [0.4, 0.5) is 13.2 Å². The molecular weight excluding hydrogens is 401 g/mol. The predicted molar refractivity (Wildman–Crippen MR) is 115 cm³/mol. The first kappa shape index (κ1) is 20.5. The molecule has 0 radical (unpaired) electrons. The Kier molecular flexibility index (Phi) is 5.62. The fourth-order valence-corrected chi connectivity index (χ4v) is 3.23. The molecular formula is C25H17F3N2O. The van der Waals surface area contributed by atoms with E-state index in [0.29, 0.717) is 5.56 Å². The Balaban J connectivity index is 1.45. The molecule has 0 spiro atoms. The standard InChI is InChI=1S/C25H17F3N2O/c26-25(27,28)16-18-1-5-19(6-2-18)20-7-9-21(10-8-20)24(31)12-4-17-3-11-22-23(15-17)30-14-13-29-22/h1-15H,16H2/b12-4+. The quantitative estimate of drug-likeness (QED) is 0.282. The molecule has 0 bridgehead atoms. The second-order valence-electron chi connectivity index (χ2n) is 7.07. The van der Waals surface area contributed by atoms with Crippen LogP contribution < -0.4 is 0 Å². The van der Waals surface area contributed by atoms with E-state index in [1.165, 1.54) is 18.2 Å². The Morgan fingerprint density at radius 1 is 0.806 bits per heavy atom. The van der Waals surface area contributed by atoms with Gasteiger partial charge in [0.15, 0.2) is 5.78 Å². The Labute approximate surface area is 176 Å². The Bertz CT molecular complexity index is 1240. The minimum Gasteiger partial charge on any atom is -0.289 e. The van der Waals surface area contributed by atoms with Gasteiger partial charge in [0.05, 0.1) is 17.5 Å². The zero-order chi connectivity index (χ0) is 21.8. The largest absolute Gasteiger partial charge is 0.393 e. The summed E-state index contributed by atoms with van der Waals surface area (Å²) in [6.07, 6.45) is 1.30. The fraction of sp³-hybridized carbons (Fsp3) is 0.0800. The number of halogens is 3. The third-order valence-electron chi connectivity index (χ3n) is 4.78. The predicted octanol–water partition coefficient (Wildman–Crippen LogP) is 6.30. The van der Waals surface area contributed by atoms with Gasteiger partial charge in [0.25, 0.3) is 0 Å². The average molecular weight is 418 g/mol. The molecule has 0 saturated heterocycles. The highest BCUT2D eigenvalue weighted by atomic mass is 19.4. The summed E-state index contributed by atoms with van der Waals surface area (Å²) < 4.78 is 37.4. The molecule has 0 fully saturated rings. The molecule has 154 valence electrons. The smallest absolute Gasteiger partial charge is 0.289 e. The van der Waals surface area contributed by atoms with Gasteiger partial charge in [-0.25, -0.2) is 0 Å². The maximum absolute atomic E-state index is 12.5. The maximum Gasteiger partial charge on any atom is 0.393 e. The number of fused-ring (bicyclic) bond motifs is 1. The van der Waals surface area contributed by atoms with Gasteiger partial charge < -0.3 is 0 Å². The second kappa shape index (κ2) is 8.52. The van der Waals surface area contributed by atoms with Crippen molar-refractivity contribution in [2.75, 3.05) is 0 Å². The monoisotopic (exact) mass is 418 g/mol. The van der Waals surface area contributed by atoms with Crippen molar-refractivity contribution in [1.82, 2.24) is 9.97 Å². The van der Waals surface area contributed by atoms with Gasteiger partial charge in [-0.2, -0.15) is 13.2 Å². The molecule has 3 aromatic carbocycles. The topological polar surface area (TPSA) is 42.9 Å². The molecule has 4 aromatic rings. The van der Waals surface area contributed by atoms with Gasteiger partial charge in [-0.1, -0.05) is 60.7 Å². The number of hydrogen-bond acceptors (Lipinski definition) is 3. The van der Waals surface area contributed by atoms with Crippen LogP contribution >= 0.6 is 0 Å². The number of alkyl halides is 3. The van der Waals surface area contributed by atoms with Gasteiger partial charge in [-0.3, -0.25) is 14.8 Å². The third kappa shape index (κ3) is 5.22. The van der Waals surface area contributed by atoms with Crippen LogP contribution in [0.25, 0.3) is 28.2 Å². The van der Waals surface area contributed by atoms with Crippen LogP contribution in [0.2, 0.25) is 0 Å². The van der Waals surface area contributed by atoms with Crippen LogP contribution in [0.5, 0.6) is 0 Å². The fourth-order valence-electron chi connectivity index (χ4n) is 3.23. The number of ketones is 1. The number of benzene rings is 3. The molecule has 3 nitrogen and oxygen atoms in total. The van der Waals surface area contributed by atoms with Crippen molar-refractivity contribution in [2.24, 2.45) is 0 Å². The molecule has 0 aliphatic carbocycles. The van der Waals surface area contributed by atoms with Gasteiger partial charge in [0.2, 0.25) is 0 Å². The highest BCUT2D eigenvalue weighted by Gasteiger charge is 2.27. The molecule has 0 amide bonds. The van der Waals surface area contributed by atoms with Gasteiger partial charge in [-0.05, 0) is 40.5 Å². The number of carbonyl (C=O) groups excluding carboxylic acids is 1. The summed E-state index contributed by atoms with van der Waals surface area (Å²) in [5.74, 6) is -0.147. The normalized spacial score (nSPS) is 11.8. The van der Waals surface area contributed by atoms with E-state index in [0.717, 1.165) is 27.7 Å². The molecule has 0 aliphatic rings. The highest BCUT2D eigenvalue weighted by Crippen LogP contribution is 2.25. The first-order chi connectivity index (χ1) is 14.9. The molecule has 1 heterocycles. The Hall–Kier alpha value is -3.80. The molecule has 6 heteroatoms. The minimum atomic E-state index is -4.22. The second-order valence-corrected chi connectivity index (χ2v) is 7.07. The van der Waals surface area contributed by atoms with Crippen molar-refractivity contribution < 1.29 is 18.0 Å². The van der Waals surface area contributed by atoms with E-state index in [1.807, 2.05) is 18.2 Å². The number of nitrogens with zero attached hydrogens (tertiary/aromatic N) is 2. The van der Waals surface area contributed by atoms with Crippen LogP contribution in [0.15, 0.2) is 85.2 Å². The summed E-state index contributed by atoms with van der Waals surface area (Å²) in [4.78, 5) is 21.0. The molecule has 0 unspecified atom stereocenters. The van der Waals surface area contributed by atoms with E-state index in [9.17, 15) is 18.0 Å². The van der Waals surface area contributed by atoms with Gasteiger partial charge in [-0.15, -0.1) is 0 Å². The summed E-state index contributed by atoms with van der Waals surface area (Å²) in [7, 11) is 0. The number of allylic oxidation sites excluding steroid dienone is 1. The van der Waals surface area contributed by atoms with E-state index in [2.05, 4.69) is 9.97 Å². The number of aromatic nitrogens is 2. The number of carbonyl (C=O) groups is 1. The van der Waals surface area contributed by atoms with E-state index >= 15 is 0 Å². The van der Waals surface area contributed by atoms with E-state index in [1.54, 1.807) is 54.9 Å². The van der Waals surface area contributed by atoms with Crippen LogP contribution in [-0.2, 0) is 6.42 Å². The van der Waals surface area contributed by atoms with Gasteiger partial charge in [0.1, 0.15) is 0 Å². The lowest BCUT2D eigenvalue weighted by Gasteiger charge is -2.08. The number of rotatable bonds is 5. The van der Waals surface area contributed by atoms with Gasteiger partial charge in [0, 0.05) is 18.0 Å². The molecule has 0 saturated carbocycles. The van der Waals surface area contributed by atoms with Crippen molar-refractivity contribution in [3.63, 3.8) is 0 Å². The van der Waals surface area contributed by atoms with Crippen LogP contribution in [0, 0.1) is 0 Å². The van der Waals surface area contributed by atoms with E-state index in [-0.39, 0.29) is 11.3 Å². The van der Waals surface area contributed by atoms with Gasteiger partial charge >= 0.3 is 6.18 Å². The Morgan fingerprint density at radius 3 is 2.06 bits per heavy atom. The lowest BCUT2D eigenvalue weighted by Crippen LogP contribution is -2.11. The highest BCUT2D eigenvalue weighted by molar-refractivity contribution is 6.07. The lowest BCUT2D eigenvalue weighted by atomic mass is 10.0. The number of hydrogen-bond donors (Lipinski definition) is 0. The molecule has 0 N–H and O–H groups in total. The first-order valence-corrected chi connectivity index (χ1v) is 9.57. The molecule has 4 rings (SSSR count). The van der Waals surface area contributed by atoms with Crippen LogP contribution in [0.1, 0.15) is 21.5 Å². The van der Waals surface area contributed by atoms with Crippen molar-refractivity contribution >= 4 is 22.9 Å². The lowest BCUT2D eigenvalue weighted by molar-refractivity contribution is -0.127. The van der Waals surface area contributed by atoms with Crippen molar-refractivity contribution in [2.45, 2.75) is 12.6 Å². The summed E-state index contributed by atoms with van der Waals surface area (Å²) in [5, 5.41) is 0. The Morgan fingerprint density at radius 2 is 1.42 bits per heavy atom. The minimum absolute atomic E-state index is 0.147. The van der Waals surface area contributed by atoms with Crippen molar-refractivity contribution in [1.29, 1.82) is 0 Å². The zero-order valence-electron chi connectivity index (χ0n) is 16.3. The molecule has 1 aromatic heterocycles. The molecule has 0 aliphatic heterocycles. The summed E-state index contributed by atoms with van der Waals surface area (Å²) in [6.45, 7) is 0. The average Bonchev–Trinajstić information content (AvgIpc) is 2.77. The summed E-state index contributed by atoms with van der Waals surface area (Å²) in [5.41, 5.74) is 4.74. The van der Waals surface area contributed by atoms with Crippen molar-refractivity contribution in [3.8, 4) is 11.1 Å². The maximum atomic E-state index is 12.5. The zero-order valence-corrected chi connectivity index (χ0v) is 16.3. The molecule has 31 heavy (non-hydrogen) atoms. The summed E-state index contributed by atoms with van der Waals surface area (Å²) in [6, 6.07) is 18.8. The SMILES string of the molecule is O=C(/C=C/c1ccc2nccnc2c1)c1ccc(-c2ccc(CC(F)(F)F)cc2)cc1. The van der Waals surface area contributed by atoms with E-state index in [4.69, 9.17) is 0 Å². The van der Waals surface area contributed by atoms with Crippen LogP contribution in [0.3, 0.4) is 0 Å². The van der Waals surface area contributed by atoms with Crippen LogP contribution in [-0.4, -0.2) is 21.9 Å². The first-order valence-electron chi connectivity index (χ1n) is 9.57.